The van der Waals surface area contributed by atoms with E-state index in [1.165, 1.54) is 4.90 Å². The molecule has 4 nitrogen and oxygen atoms in total. The van der Waals surface area contributed by atoms with Gasteiger partial charge >= 0.3 is 0 Å². The van der Waals surface area contributed by atoms with E-state index in [1.807, 2.05) is 6.92 Å². The van der Waals surface area contributed by atoms with E-state index in [2.05, 4.69) is 6.92 Å². The molecule has 0 bridgehead atoms. The SMILES string of the molecule is [CH2-]CO[C@@H]1CCCCC1N1C(=O)C[C@@H](C)C1=O.[Y]. The number of carbonyl (C=O) groups is 2. The van der Waals surface area contributed by atoms with E-state index in [0.29, 0.717) is 13.0 Å². The standard InChI is InChI=1S/C13H20NO3.Y/c1-3-17-11-7-5-4-6-10(11)14-12(15)8-9(2)13(14)16;/h9-11H,1,3-8H2,2H3;/q-1;/t9-,10?,11-;/m1./s1. The van der Waals surface area contributed by atoms with Gasteiger partial charge in [-0.3, -0.25) is 14.5 Å². The molecule has 1 radical (unpaired) electrons. The zero-order valence-corrected chi connectivity index (χ0v) is 13.8. The molecule has 2 rings (SSSR count). The van der Waals surface area contributed by atoms with Gasteiger partial charge in [-0.25, -0.2) is 0 Å². The molecule has 1 aliphatic carbocycles. The Morgan fingerprint density at radius 3 is 2.56 bits per heavy atom. The van der Waals surface area contributed by atoms with Gasteiger partial charge in [-0.2, -0.15) is 0 Å². The first-order valence-electron chi connectivity index (χ1n) is 6.42. The van der Waals surface area contributed by atoms with Crippen molar-refractivity contribution >= 4 is 11.8 Å². The van der Waals surface area contributed by atoms with Crippen molar-refractivity contribution in [1.82, 2.24) is 4.90 Å². The summed E-state index contributed by atoms with van der Waals surface area (Å²) in [5.74, 6) is -0.226. The van der Waals surface area contributed by atoms with Gasteiger partial charge in [0.15, 0.2) is 0 Å². The third-order valence-corrected chi connectivity index (χ3v) is 3.74. The van der Waals surface area contributed by atoms with Crippen LogP contribution in [0.1, 0.15) is 39.0 Å². The molecule has 0 aromatic rings. The van der Waals surface area contributed by atoms with Crippen LogP contribution in [0.3, 0.4) is 0 Å². The number of carbonyl (C=O) groups excluding carboxylic acids is 2. The Kier molecular flexibility index (Phi) is 6.42. The number of rotatable bonds is 3. The minimum absolute atomic E-state index is 0. The summed E-state index contributed by atoms with van der Waals surface area (Å²) < 4.78 is 5.58. The van der Waals surface area contributed by atoms with Crippen molar-refractivity contribution in [1.29, 1.82) is 0 Å². The average Bonchev–Trinajstić information content (AvgIpc) is 2.55. The maximum absolute atomic E-state index is 12.0. The van der Waals surface area contributed by atoms with Crippen LogP contribution in [0.15, 0.2) is 0 Å². The third-order valence-electron chi connectivity index (χ3n) is 3.74. The summed E-state index contributed by atoms with van der Waals surface area (Å²) in [6, 6.07) is -0.0598. The molecule has 1 aliphatic heterocycles. The maximum atomic E-state index is 12.0. The predicted octanol–water partition coefficient (Wildman–Crippen LogP) is 1.54. The van der Waals surface area contributed by atoms with Crippen molar-refractivity contribution in [3.05, 3.63) is 6.92 Å². The van der Waals surface area contributed by atoms with E-state index in [0.717, 1.165) is 25.7 Å². The Balaban J connectivity index is 0.00000162. The van der Waals surface area contributed by atoms with Crippen LogP contribution in [0, 0.1) is 12.8 Å². The number of amides is 2. The topological polar surface area (TPSA) is 46.6 Å². The molecule has 3 atom stereocenters. The van der Waals surface area contributed by atoms with Crippen LogP contribution in [0.2, 0.25) is 0 Å². The van der Waals surface area contributed by atoms with Crippen LogP contribution in [0.4, 0.5) is 0 Å². The Morgan fingerprint density at radius 1 is 1.33 bits per heavy atom. The monoisotopic (exact) mass is 327 g/mol. The minimum Gasteiger partial charge on any atom is -0.408 e. The maximum Gasteiger partial charge on any atom is 0.232 e. The quantitative estimate of drug-likeness (QED) is 0.584. The summed E-state index contributed by atoms with van der Waals surface area (Å²) in [5, 5.41) is 0. The van der Waals surface area contributed by atoms with Gasteiger partial charge in [0.05, 0.1) is 12.1 Å². The van der Waals surface area contributed by atoms with E-state index >= 15 is 0 Å². The smallest absolute Gasteiger partial charge is 0.232 e. The van der Waals surface area contributed by atoms with E-state index in [-0.39, 0.29) is 62.6 Å². The summed E-state index contributed by atoms with van der Waals surface area (Å²) in [6.07, 6.45) is 4.30. The van der Waals surface area contributed by atoms with Crippen LogP contribution in [-0.2, 0) is 47.0 Å². The Hall–Kier alpha value is 0.204. The van der Waals surface area contributed by atoms with Crippen molar-refractivity contribution in [3.8, 4) is 0 Å². The molecule has 0 aromatic carbocycles. The number of likely N-dealkylation sites (tertiary alicyclic amines) is 1. The Morgan fingerprint density at radius 2 is 2.00 bits per heavy atom. The molecular formula is C13H20NO3Y-. The molecule has 2 amide bonds. The van der Waals surface area contributed by atoms with Gasteiger partial charge in [0, 0.05) is 45.0 Å². The van der Waals surface area contributed by atoms with Crippen LogP contribution in [0.25, 0.3) is 0 Å². The summed E-state index contributed by atoms with van der Waals surface area (Å²) >= 11 is 0. The molecule has 2 fully saturated rings. The zero-order valence-electron chi connectivity index (χ0n) is 10.9. The van der Waals surface area contributed by atoms with E-state index in [4.69, 9.17) is 4.74 Å². The van der Waals surface area contributed by atoms with Crippen LogP contribution < -0.4 is 0 Å². The number of hydrogen-bond acceptors (Lipinski definition) is 3. The van der Waals surface area contributed by atoms with E-state index < -0.39 is 0 Å². The van der Waals surface area contributed by atoms with Crippen molar-refractivity contribution in [2.75, 3.05) is 6.61 Å². The molecule has 0 aromatic heterocycles. The number of hydrogen-bond donors (Lipinski definition) is 0. The normalized spacial score (nSPS) is 32.6. The predicted molar refractivity (Wildman–Crippen MR) is 63.0 cm³/mol. The van der Waals surface area contributed by atoms with Gasteiger partial charge in [-0.15, -0.1) is 0 Å². The summed E-state index contributed by atoms with van der Waals surface area (Å²) in [5.41, 5.74) is 0. The molecular weight excluding hydrogens is 307 g/mol. The van der Waals surface area contributed by atoms with Crippen LogP contribution in [0.5, 0.6) is 0 Å². The molecule has 18 heavy (non-hydrogen) atoms. The number of imide groups is 1. The molecule has 0 spiro atoms. The summed E-state index contributed by atoms with van der Waals surface area (Å²) in [6.45, 7) is 5.90. The fourth-order valence-corrected chi connectivity index (χ4v) is 2.87. The fourth-order valence-electron chi connectivity index (χ4n) is 2.87. The number of nitrogens with zero attached hydrogens (tertiary/aromatic N) is 1. The molecule has 1 saturated carbocycles. The van der Waals surface area contributed by atoms with Crippen molar-refractivity contribution in [2.45, 2.75) is 51.2 Å². The fraction of sp³-hybridized carbons (Fsp3) is 0.769. The molecule has 5 heteroatoms. The first-order chi connectivity index (χ1) is 8.15. The van der Waals surface area contributed by atoms with Gasteiger partial charge in [0.2, 0.25) is 11.8 Å². The van der Waals surface area contributed by atoms with Crippen molar-refractivity contribution in [3.63, 3.8) is 0 Å². The van der Waals surface area contributed by atoms with Gasteiger partial charge in [-0.1, -0.05) is 26.4 Å². The first kappa shape index (κ1) is 16.3. The second-order valence-electron chi connectivity index (χ2n) is 4.97. The van der Waals surface area contributed by atoms with E-state index in [9.17, 15) is 9.59 Å². The van der Waals surface area contributed by atoms with Gasteiger partial charge in [-0.05, 0) is 12.8 Å². The van der Waals surface area contributed by atoms with Crippen LogP contribution in [-0.4, -0.2) is 35.5 Å². The van der Waals surface area contributed by atoms with Crippen LogP contribution >= 0.6 is 0 Å². The number of ether oxygens (including phenoxy) is 1. The average molecular weight is 327 g/mol. The summed E-state index contributed by atoms with van der Waals surface area (Å²) in [7, 11) is 0. The summed E-state index contributed by atoms with van der Waals surface area (Å²) in [4.78, 5) is 25.3. The van der Waals surface area contributed by atoms with Crippen molar-refractivity contribution < 1.29 is 47.0 Å². The van der Waals surface area contributed by atoms with Gasteiger partial charge in [0.25, 0.3) is 0 Å². The molecule has 99 valence electrons. The second-order valence-corrected chi connectivity index (χ2v) is 4.97. The Bertz CT molecular complexity index is 319. The third kappa shape index (κ3) is 3.20. The minimum atomic E-state index is -0.162. The molecule has 0 N–H and O–H groups in total. The van der Waals surface area contributed by atoms with Gasteiger partial charge < -0.3 is 11.7 Å². The first-order valence-corrected chi connectivity index (χ1v) is 6.42. The van der Waals surface area contributed by atoms with Crippen molar-refractivity contribution in [2.24, 2.45) is 5.92 Å². The zero-order chi connectivity index (χ0) is 12.4. The second kappa shape index (κ2) is 7.11. The van der Waals surface area contributed by atoms with Gasteiger partial charge in [0.1, 0.15) is 0 Å². The largest absolute Gasteiger partial charge is 0.408 e. The van der Waals surface area contributed by atoms with E-state index in [1.54, 1.807) is 0 Å². The Labute approximate surface area is 134 Å². The molecule has 1 unspecified atom stereocenters. The molecule has 2 aliphatic rings. The molecule has 1 heterocycles. The molecule has 1 saturated heterocycles.